The Bertz CT molecular complexity index is 2420. The van der Waals surface area contributed by atoms with Gasteiger partial charge in [-0.1, -0.05) is 27.7 Å². The molecule has 0 radical (unpaired) electrons. The molecule has 4 aromatic rings. The van der Waals surface area contributed by atoms with Gasteiger partial charge in [-0.25, -0.2) is 9.97 Å². The lowest BCUT2D eigenvalue weighted by Crippen LogP contribution is -2.74. The normalized spacial score (nSPS) is 23.9. The highest BCUT2D eigenvalue weighted by Gasteiger charge is 2.64. The molecule has 5 aliphatic rings. The first-order valence-corrected chi connectivity index (χ1v) is 21.4. The quantitative estimate of drug-likeness (QED) is 0.229. The summed E-state index contributed by atoms with van der Waals surface area (Å²) < 4.78 is 6.64. The van der Waals surface area contributed by atoms with Gasteiger partial charge in [0.05, 0.1) is 16.6 Å². The summed E-state index contributed by atoms with van der Waals surface area (Å²) in [5.74, 6) is 0.846. The number of carbonyl (C=O) groups is 4. The average molecular weight is 825 g/mol. The number of fused-ring (bicyclic) bond motifs is 2. The molecule has 0 spiro atoms. The minimum Gasteiger partial charge on any atom is -0.488 e. The Hall–Kier alpha value is -6.14. The maximum atomic E-state index is 13.6. The van der Waals surface area contributed by atoms with Gasteiger partial charge in [0, 0.05) is 111 Å². The fourth-order valence-corrected chi connectivity index (χ4v) is 10.7. The Morgan fingerprint density at radius 3 is 2.36 bits per heavy atom. The number of piperazine rings is 1. The Balaban J connectivity index is 0.733. The van der Waals surface area contributed by atoms with Crippen LogP contribution in [0.25, 0.3) is 10.9 Å². The molecule has 4 fully saturated rings. The van der Waals surface area contributed by atoms with Crippen LogP contribution in [-0.2, 0) is 16.1 Å². The number of anilines is 2. The number of nitriles is 1. The van der Waals surface area contributed by atoms with Crippen molar-refractivity contribution in [2.45, 2.75) is 78.1 Å². The number of aromatic nitrogens is 3. The van der Waals surface area contributed by atoms with Crippen LogP contribution in [-0.4, -0.2) is 112 Å². The Labute approximate surface area is 355 Å². The van der Waals surface area contributed by atoms with E-state index < -0.39 is 22.8 Å². The number of benzene rings is 2. The minimum absolute atomic E-state index is 0.146. The van der Waals surface area contributed by atoms with Crippen LogP contribution in [0.1, 0.15) is 85.2 Å². The van der Waals surface area contributed by atoms with Crippen LogP contribution in [0.5, 0.6) is 5.75 Å². The predicted octanol–water partition coefficient (Wildman–Crippen LogP) is 4.31. The van der Waals surface area contributed by atoms with E-state index in [0.717, 1.165) is 75.3 Å². The molecule has 316 valence electrons. The fraction of sp³-hybridized carbons (Fsp3) is 0.478. The van der Waals surface area contributed by atoms with Crippen LogP contribution in [0.3, 0.4) is 0 Å². The highest BCUT2D eigenvalue weighted by atomic mass is 16.5. The highest BCUT2D eigenvalue weighted by Crippen LogP contribution is 2.56. The molecule has 1 saturated carbocycles. The van der Waals surface area contributed by atoms with Crippen molar-refractivity contribution in [1.82, 2.24) is 35.4 Å². The molecule has 4 amide bonds. The van der Waals surface area contributed by atoms with Crippen molar-refractivity contribution in [3.05, 3.63) is 83.3 Å². The third-order valence-corrected chi connectivity index (χ3v) is 13.8. The second-order valence-electron chi connectivity index (χ2n) is 18.4. The summed E-state index contributed by atoms with van der Waals surface area (Å²) in [7, 11) is 0. The van der Waals surface area contributed by atoms with Gasteiger partial charge >= 0.3 is 0 Å². The van der Waals surface area contributed by atoms with E-state index in [1.807, 2.05) is 30.3 Å². The van der Waals surface area contributed by atoms with Gasteiger partial charge in [0.15, 0.2) is 0 Å². The molecule has 2 aromatic heterocycles. The molecule has 15 nitrogen and oxygen atoms in total. The second-order valence-corrected chi connectivity index (χ2v) is 18.4. The maximum Gasteiger partial charge on any atom is 0.255 e. The third kappa shape index (κ3) is 7.41. The van der Waals surface area contributed by atoms with Crippen molar-refractivity contribution in [2.75, 3.05) is 55.6 Å². The second kappa shape index (κ2) is 15.7. The van der Waals surface area contributed by atoms with Crippen molar-refractivity contribution in [1.29, 1.82) is 5.26 Å². The first-order chi connectivity index (χ1) is 29.3. The molecule has 9 rings (SSSR count). The number of nitrogens with zero attached hydrogens (tertiary/aromatic N) is 8. The zero-order valence-electron chi connectivity index (χ0n) is 35.2. The number of rotatable bonds is 9. The van der Waals surface area contributed by atoms with Gasteiger partial charge in [-0.05, 0) is 73.2 Å². The Kier molecular flexibility index (Phi) is 10.4. The van der Waals surface area contributed by atoms with Crippen molar-refractivity contribution >= 4 is 46.2 Å². The number of pyridine rings is 1. The van der Waals surface area contributed by atoms with E-state index in [-0.39, 0.29) is 36.3 Å². The van der Waals surface area contributed by atoms with Crippen LogP contribution < -0.4 is 25.2 Å². The number of ether oxygens (including phenoxy) is 1. The van der Waals surface area contributed by atoms with Gasteiger partial charge in [-0.3, -0.25) is 34.4 Å². The highest BCUT2D eigenvalue weighted by molar-refractivity contribution is 6.05. The zero-order chi connectivity index (χ0) is 42.6. The van der Waals surface area contributed by atoms with Crippen molar-refractivity contribution in [3.63, 3.8) is 0 Å². The van der Waals surface area contributed by atoms with Crippen molar-refractivity contribution in [2.24, 2.45) is 16.7 Å². The van der Waals surface area contributed by atoms with Gasteiger partial charge < -0.3 is 24.8 Å². The first kappa shape index (κ1) is 40.3. The van der Waals surface area contributed by atoms with Crippen LogP contribution in [0.15, 0.2) is 61.1 Å². The number of piperidine rings is 2. The van der Waals surface area contributed by atoms with Crippen LogP contribution in [0, 0.1) is 28.1 Å². The molecule has 3 saturated heterocycles. The predicted molar refractivity (Wildman–Crippen MR) is 228 cm³/mol. The van der Waals surface area contributed by atoms with E-state index in [1.54, 1.807) is 29.6 Å². The summed E-state index contributed by atoms with van der Waals surface area (Å²) in [5, 5.41) is 16.0. The van der Waals surface area contributed by atoms with Crippen LogP contribution in [0.2, 0.25) is 0 Å². The molecule has 4 aliphatic heterocycles. The summed E-state index contributed by atoms with van der Waals surface area (Å²) in [4.78, 5) is 73.2. The molecule has 2 N–H and O–H groups in total. The molecule has 6 heterocycles. The average Bonchev–Trinajstić information content (AvgIpc) is 3.59. The van der Waals surface area contributed by atoms with Gasteiger partial charge in [-0.2, -0.15) is 5.26 Å². The van der Waals surface area contributed by atoms with Gasteiger partial charge in [0.2, 0.25) is 17.8 Å². The number of hydrogen-bond acceptors (Lipinski definition) is 12. The van der Waals surface area contributed by atoms with Gasteiger partial charge in [0.1, 0.15) is 24.0 Å². The maximum absolute atomic E-state index is 13.6. The number of nitrogens with one attached hydrogen (secondary N) is 2. The Morgan fingerprint density at radius 1 is 0.918 bits per heavy atom. The van der Waals surface area contributed by atoms with Crippen LogP contribution in [0.4, 0.5) is 11.6 Å². The smallest absolute Gasteiger partial charge is 0.255 e. The topological polar surface area (TPSA) is 177 Å². The van der Waals surface area contributed by atoms with E-state index in [4.69, 9.17) is 4.74 Å². The van der Waals surface area contributed by atoms with E-state index in [1.165, 1.54) is 0 Å². The van der Waals surface area contributed by atoms with Crippen LogP contribution >= 0.6 is 0 Å². The summed E-state index contributed by atoms with van der Waals surface area (Å²) >= 11 is 0. The number of hydrogen-bond donors (Lipinski definition) is 2. The molecule has 0 unspecified atom stereocenters. The summed E-state index contributed by atoms with van der Waals surface area (Å²) in [6.45, 7) is 15.3. The van der Waals surface area contributed by atoms with Gasteiger partial charge in [0.25, 0.3) is 11.8 Å². The summed E-state index contributed by atoms with van der Waals surface area (Å²) in [6, 6.07) is 14.7. The lowest BCUT2D eigenvalue weighted by atomic mass is 9.49. The Morgan fingerprint density at radius 2 is 1.66 bits per heavy atom. The largest absolute Gasteiger partial charge is 0.488 e. The van der Waals surface area contributed by atoms with E-state index in [2.05, 4.69) is 80.1 Å². The van der Waals surface area contributed by atoms with Gasteiger partial charge in [-0.15, -0.1) is 0 Å². The standard InChI is InChI=1S/C46H52N10O5/c1-45(2)42(46(3,4)43(45)61-36-11-7-29(23-47)38-34(36)6-5-15-48-38)52-39(58)31-24-49-44(50-25-31)55-16-13-28(14-17-55)26-53-18-20-54(21-19-53)32-8-9-33-30(22-32)27-56(41(33)60)35-10-12-37(57)51-40(35)59/h5-9,11,15,22,24-25,28,35,42-43H,10,12-14,16-21,26-27H2,1-4H3,(H,52,58)(H,51,57,59)/t35-,42?,43?/m0/s1. The van der Waals surface area contributed by atoms with Crippen molar-refractivity contribution < 1.29 is 23.9 Å². The molecule has 1 atom stereocenters. The van der Waals surface area contributed by atoms with E-state index in [9.17, 15) is 24.4 Å². The molecule has 61 heavy (non-hydrogen) atoms. The minimum atomic E-state index is -0.610. The summed E-state index contributed by atoms with van der Waals surface area (Å²) in [5.41, 5.74) is 3.40. The lowest BCUT2D eigenvalue weighted by Gasteiger charge is -2.63. The van der Waals surface area contributed by atoms with E-state index in [0.29, 0.717) is 52.8 Å². The third-order valence-electron chi connectivity index (χ3n) is 13.8. The van der Waals surface area contributed by atoms with E-state index >= 15 is 0 Å². The number of carbonyl (C=O) groups excluding carboxylic acids is 4. The fourth-order valence-electron chi connectivity index (χ4n) is 10.7. The lowest BCUT2D eigenvalue weighted by molar-refractivity contribution is -0.163. The number of imide groups is 1. The monoisotopic (exact) mass is 824 g/mol. The molecule has 1 aliphatic carbocycles. The molecular formula is C46H52N10O5. The number of amides is 4. The SMILES string of the molecule is CC1(C)C(NC(=O)c2cnc(N3CCC(CN4CCN(c5ccc6c(c5)CN([C@H]5CCC(=O)NC5=O)C6=O)CC4)CC3)nc2)C(C)(C)C1Oc1ccc(C#N)c2ncccc12. The zero-order valence-corrected chi connectivity index (χ0v) is 35.2. The molecule has 15 heteroatoms. The van der Waals surface area contributed by atoms with Crippen molar-refractivity contribution in [3.8, 4) is 11.8 Å². The first-order valence-electron chi connectivity index (χ1n) is 21.4. The molecule has 2 aromatic carbocycles. The molecule has 0 bridgehead atoms. The molecular weight excluding hydrogens is 773 g/mol. The summed E-state index contributed by atoms with van der Waals surface area (Å²) in [6.07, 6.45) is 7.40.